The zero-order chi connectivity index (χ0) is 16.8. The highest BCUT2D eigenvalue weighted by atomic mass is 16.5. The van der Waals surface area contributed by atoms with Crippen molar-refractivity contribution >= 4 is 21.8 Å². The highest BCUT2D eigenvalue weighted by Crippen LogP contribution is 2.31. The minimum atomic E-state index is 0.249. The van der Waals surface area contributed by atoms with Crippen molar-refractivity contribution in [2.45, 2.75) is 6.10 Å². The first kappa shape index (κ1) is 14.4. The summed E-state index contributed by atoms with van der Waals surface area (Å²) in [6.07, 6.45) is 5.90. The molecule has 0 spiro atoms. The molecule has 5 heteroatoms. The van der Waals surface area contributed by atoms with Crippen molar-refractivity contribution in [2.24, 2.45) is 7.05 Å². The van der Waals surface area contributed by atoms with Crippen LogP contribution in [0.4, 0.5) is 0 Å². The molecule has 1 aromatic carbocycles. The maximum Gasteiger partial charge on any atom is 0.213 e. The number of hydrogen-bond acceptors (Lipinski definition) is 4. The van der Waals surface area contributed by atoms with Gasteiger partial charge in [0.1, 0.15) is 6.10 Å². The maximum atomic E-state index is 5.79. The summed E-state index contributed by atoms with van der Waals surface area (Å²) in [4.78, 5) is 8.72. The highest BCUT2D eigenvalue weighted by molar-refractivity contribution is 6.08. The molecule has 5 rings (SSSR count). The van der Waals surface area contributed by atoms with Gasteiger partial charge in [0.05, 0.1) is 5.52 Å². The van der Waals surface area contributed by atoms with Crippen LogP contribution in [-0.2, 0) is 7.05 Å². The van der Waals surface area contributed by atoms with Crippen LogP contribution in [0.5, 0.6) is 5.88 Å². The van der Waals surface area contributed by atoms with Crippen LogP contribution >= 0.6 is 0 Å². The van der Waals surface area contributed by atoms with Crippen LogP contribution in [0.25, 0.3) is 32.9 Å². The van der Waals surface area contributed by atoms with Gasteiger partial charge in [0.2, 0.25) is 5.88 Å². The van der Waals surface area contributed by atoms with Crippen molar-refractivity contribution < 1.29 is 4.74 Å². The quantitative estimate of drug-likeness (QED) is 0.627. The second-order valence-electron chi connectivity index (χ2n) is 6.47. The number of aromatic nitrogens is 3. The highest BCUT2D eigenvalue weighted by Gasteiger charge is 2.18. The van der Waals surface area contributed by atoms with Crippen LogP contribution < -0.4 is 10.1 Å². The molecule has 3 aromatic heterocycles. The van der Waals surface area contributed by atoms with Gasteiger partial charge in [-0.25, -0.2) is 4.98 Å². The molecule has 4 aromatic rings. The molecule has 1 fully saturated rings. The second kappa shape index (κ2) is 5.57. The molecular weight excluding hydrogens is 312 g/mol. The smallest absolute Gasteiger partial charge is 0.213 e. The van der Waals surface area contributed by atoms with E-state index in [1.807, 2.05) is 24.7 Å². The fraction of sp³-hybridized carbons (Fsp3) is 0.200. The number of pyridine rings is 2. The third-order valence-electron chi connectivity index (χ3n) is 4.91. The van der Waals surface area contributed by atoms with Crippen molar-refractivity contribution in [3.8, 4) is 17.0 Å². The summed E-state index contributed by atoms with van der Waals surface area (Å²) in [6, 6.07) is 12.6. The van der Waals surface area contributed by atoms with Gasteiger partial charge in [-0.15, -0.1) is 0 Å². The molecule has 0 unspecified atom stereocenters. The monoisotopic (exact) mass is 330 g/mol. The average Bonchev–Trinajstić information content (AvgIpc) is 2.91. The molecular formula is C20H18N4O. The minimum Gasteiger partial charge on any atom is -0.472 e. The van der Waals surface area contributed by atoms with Crippen LogP contribution in [0.1, 0.15) is 0 Å². The van der Waals surface area contributed by atoms with E-state index in [4.69, 9.17) is 4.74 Å². The zero-order valence-corrected chi connectivity index (χ0v) is 13.9. The molecule has 1 saturated heterocycles. The van der Waals surface area contributed by atoms with Crippen molar-refractivity contribution in [1.82, 2.24) is 19.9 Å². The van der Waals surface area contributed by atoms with Crippen molar-refractivity contribution in [2.75, 3.05) is 13.1 Å². The Bertz CT molecular complexity index is 1060. The summed E-state index contributed by atoms with van der Waals surface area (Å²) in [5.41, 5.74) is 4.62. The average molecular weight is 330 g/mol. The lowest BCUT2D eigenvalue weighted by Gasteiger charge is -2.27. The molecule has 0 bridgehead atoms. The molecule has 0 radical (unpaired) electrons. The predicted octanol–water partition coefficient (Wildman–Crippen LogP) is 3.14. The lowest BCUT2D eigenvalue weighted by molar-refractivity contribution is 0.136. The standard InChI is InChI=1S/C20H18N4O/c1-24-18-6-7-21-12-17(18)16-4-2-13(8-19(16)24)14-3-5-20(23-9-14)25-15-10-22-11-15/h2-9,12,15,22H,10-11H2,1H3. The summed E-state index contributed by atoms with van der Waals surface area (Å²) < 4.78 is 8.00. The van der Waals surface area contributed by atoms with Gasteiger partial charge < -0.3 is 14.6 Å². The summed E-state index contributed by atoms with van der Waals surface area (Å²) >= 11 is 0. The lowest BCUT2D eigenvalue weighted by atomic mass is 10.1. The molecule has 1 aliphatic rings. The number of ether oxygens (including phenoxy) is 1. The summed E-state index contributed by atoms with van der Waals surface area (Å²) in [5.74, 6) is 0.687. The van der Waals surface area contributed by atoms with E-state index < -0.39 is 0 Å². The minimum absolute atomic E-state index is 0.249. The molecule has 1 aliphatic heterocycles. The van der Waals surface area contributed by atoms with E-state index >= 15 is 0 Å². The van der Waals surface area contributed by atoms with E-state index in [1.165, 1.54) is 21.8 Å². The third-order valence-corrected chi connectivity index (χ3v) is 4.91. The first-order valence-corrected chi connectivity index (χ1v) is 8.45. The van der Waals surface area contributed by atoms with E-state index in [0.717, 1.165) is 24.2 Å². The summed E-state index contributed by atoms with van der Waals surface area (Å²) in [7, 11) is 2.09. The van der Waals surface area contributed by atoms with Crippen molar-refractivity contribution in [1.29, 1.82) is 0 Å². The Labute approximate surface area is 145 Å². The molecule has 1 N–H and O–H groups in total. The fourth-order valence-corrected chi connectivity index (χ4v) is 3.37. The van der Waals surface area contributed by atoms with Crippen LogP contribution in [0, 0.1) is 0 Å². The summed E-state index contributed by atoms with van der Waals surface area (Å²) in [6.45, 7) is 1.80. The Balaban J connectivity index is 1.54. The molecule has 0 amide bonds. The predicted molar refractivity (Wildman–Crippen MR) is 98.7 cm³/mol. The van der Waals surface area contributed by atoms with E-state index in [2.05, 4.69) is 57.2 Å². The van der Waals surface area contributed by atoms with Gasteiger partial charge in [-0.2, -0.15) is 0 Å². The van der Waals surface area contributed by atoms with Gasteiger partial charge in [0.15, 0.2) is 0 Å². The third kappa shape index (κ3) is 2.36. The Morgan fingerprint density at radius 1 is 1.00 bits per heavy atom. The van der Waals surface area contributed by atoms with E-state index in [9.17, 15) is 0 Å². The Hall–Kier alpha value is -2.92. The second-order valence-corrected chi connectivity index (χ2v) is 6.47. The van der Waals surface area contributed by atoms with Gasteiger partial charge in [-0.05, 0) is 23.8 Å². The van der Waals surface area contributed by atoms with Crippen molar-refractivity contribution in [3.05, 3.63) is 55.0 Å². The number of rotatable bonds is 3. The van der Waals surface area contributed by atoms with Gasteiger partial charge in [0.25, 0.3) is 0 Å². The van der Waals surface area contributed by atoms with Crippen LogP contribution in [-0.4, -0.2) is 33.7 Å². The molecule has 25 heavy (non-hydrogen) atoms. The number of nitrogens with one attached hydrogen (secondary N) is 1. The molecule has 0 saturated carbocycles. The lowest BCUT2D eigenvalue weighted by Crippen LogP contribution is -2.50. The Morgan fingerprint density at radius 3 is 2.64 bits per heavy atom. The van der Waals surface area contributed by atoms with Crippen LogP contribution in [0.15, 0.2) is 55.0 Å². The van der Waals surface area contributed by atoms with Gasteiger partial charge in [0, 0.05) is 66.6 Å². The summed E-state index contributed by atoms with van der Waals surface area (Å²) in [5, 5.41) is 5.60. The number of nitrogens with zero attached hydrogens (tertiary/aromatic N) is 3. The first-order valence-electron chi connectivity index (χ1n) is 8.45. The largest absolute Gasteiger partial charge is 0.472 e. The van der Waals surface area contributed by atoms with E-state index in [1.54, 1.807) is 0 Å². The number of fused-ring (bicyclic) bond motifs is 3. The zero-order valence-electron chi connectivity index (χ0n) is 13.9. The molecule has 5 nitrogen and oxygen atoms in total. The Kier molecular flexibility index (Phi) is 3.21. The number of aryl methyl sites for hydroxylation is 1. The van der Waals surface area contributed by atoms with Gasteiger partial charge >= 0.3 is 0 Å². The molecule has 4 heterocycles. The van der Waals surface area contributed by atoms with Crippen LogP contribution in [0.3, 0.4) is 0 Å². The number of hydrogen-bond donors (Lipinski definition) is 1. The number of benzene rings is 1. The molecule has 0 atom stereocenters. The Morgan fingerprint density at radius 2 is 1.88 bits per heavy atom. The SMILES string of the molecule is Cn1c2ccncc2c2ccc(-c3ccc(OC4CNC4)nc3)cc21. The topological polar surface area (TPSA) is 52.0 Å². The molecule has 124 valence electrons. The van der Waals surface area contributed by atoms with Crippen LogP contribution in [0.2, 0.25) is 0 Å². The first-order chi connectivity index (χ1) is 12.3. The molecule has 0 aliphatic carbocycles. The van der Waals surface area contributed by atoms with Gasteiger partial charge in [-0.3, -0.25) is 4.98 Å². The van der Waals surface area contributed by atoms with E-state index in [0.29, 0.717) is 5.88 Å². The van der Waals surface area contributed by atoms with Crippen molar-refractivity contribution in [3.63, 3.8) is 0 Å². The maximum absolute atomic E-state index is 5.79. The van der Waals surface area contributed by atoms with Gasteiger partial charge in [-0.1, -0.05) is 12.1 Å². The normalized spacial score (nSPS) is 14.8. The fourth-order valence-electron chi connectivity index (χ4n) is 3.37. The van der Waals surface area contributed by atoms with E-state index in [-0.39, 0.29) is 6.10 Å².